The third-order valence-electron chi connectivity index (χ3n) is 4.77. The van der Waals surface area contributed by atoms with Crippen molar-refractivity contribution in [3.05, 3.63) is 0 Å². The van der Waals surface area contributed by atoms with Crippen LogP contribution in [0, 0.1) is 17.8 Å². The van der Waals surface area contributed by atoms with Gasteiger partial charge in [-0.05, 0) is 37.8 Å². The zero-order chi connectivity index (χ0) is 19.7. The molecular weight excluding hydrogens is 353 g/mol. The van der Waals surface area contributed by atoms with E-state index >= 15 is 0 Å². The average molecular weight is 382 g/mol. The largest absolute Gasteiger partial charge is 0.483 e. The molecule has 2 heterocycles. The van der Waals surface area contributed by atoms with Gasteiger partial charge in [0.2, 0.25) is 5.91 Å². The van der Waals surface area contributed by atoms with E-state index in [0.29, 0.717) is 24.4 Å². The number of piperidine rings is 1. The fraction of sp³-hybridized carbons (Fsp3) is 0.882. The van der Waals surface area contributed by atoms with Gasteiger partial charge in [0, 0.05) is 12.5 Å². The Hall–Kier alpha value is -1.35. The van der Waals surface area contributed by atoms with E-state index in [0.717, 1.165) is 26.1 Å². The summed E-state index contributed by atoms with van der Waals surface area (Å²) >= 11 is 0. The lowest BCUT2D eigenvalue weighted by atomic mass is 9.83. The van der Waals surface area contributed by atoms with E-state index in [-0.39, 0.29) is 19.0 Å². The molecule has 0 radical (unpaired) electrons. The van der Waals surface area contributed by atoms with E-state index in [2.05, 4.69) is 18.7 Å². The molecule has 9 heteroatoms. The highest BCUT2D eigenvalue weighted by Crippen LogP contribution is 2.36. The average Bonchev–Trinajstić information content (AvgIpc) is 2.93. The molecule has 6 nitrogen and oxygen atoms in total. The number of nitrogens with one attached hydrogen (secondary N) is 1. The highest BCUT2D eigenvalue weighted by molar-refractivity contribution is 5.76. The molecule has 0 aliphatic carbocycles. The Morgan fingerprint density at radius 3 is 2.65 bits per heavy atom. The van der Waals surface area contributed by atoms with Crippen molar-refractivity contribution in [1.82, 2.24) is 10.2 Å². The molecular formula is C17H29F3N2O4. The maximum absolute atomic E-state index is 12.1. The number of hydrogen-bond donors (Lipinski definition) is 2. The van der Waals surface area contributed by atoms with Crippen LogP contribution in [0.15, 0.2) is 0 Å². The molecule has 0 spiro atoms. The Kier molecular flexibility index (Phi) is 9.35. The van der Waals surface area contributed by atoms with Crippen LogP contribution in [0.25, 0.3) is 0 Å². The number of carboxylic acid groups (broad SMARTS) is 1. The van der Waals surface area contributed by atoms with Crippen molar-refractivity contribution >= 4 is 12.4 Å². The standard InChI is InChI=1S/C16H27F3N2O2.CH2O2/c1-11(2)3-5-21-6-4-13-12(8-21)9-23-14(13)7-15(22)20-10-16(17,18)19;2-1-3/h11-14H,3-10H2,1-2H3,(H,20,22);1H,(H,2,3)/t12-,13-,14+;/m1./s1. The maximum atomic E-state index is 12.1. The highest BCUT2D eigenvalue weighted by atomic mass is 19.4. The van der Waals surface area contributed by atoms with E-state index in [1.807, 2.05) is 5.32 Å². The van der Waals surface area contributed by atoms with Crippen molar-refractivity contribution in [1.29, 1.82) is 0 Å². The fourth-order valence-electron chi connectivity index (χ4n) is 3.47. The van der Waals surface area contributed by atoms with Crippen LogP contribution in [0.5, 0.6) is 0 Å². The van der Waals surface area contributed by atoms with Gasteiger partial charge in [-0.3, -0.25) is 9.59 Å². The summed E-state index contributed by atoms with van der Waals surface area (Å²) in [5.41, 5.74) is 0. The van der Waals surface area contributed by atoms with Crippen LogP contribution in [-0.4, -0.2) is 67.5 Å². The molecule has 2 aliphatic heterocycles. The van der Waals surface area contributed by atoms with Crippen LogP contribution in [-0.2, 0) is 14.3 Å². The molecule has 3 atom stereocenters. The first-order chi connectivity index (χ1) is 12.2. The Morgan fingerprint density at radius 1 is 1.42 bits per heavy atom. The summed E-state index contributed by atoms with van der Waals surface area (Å²) in [4.78, 5) is 22.5. The lowest BCUT2D eigenvalue weighted by Gasteiger charge is -2.35. The zero-order valence-corrected chi connectivity index (χ0v) is 15.3. The van der Waals surface area contributed by atoms with Gasteiger partial charge in [0.15, 0.2) is 0 Å². The first kappa shape index (κ1) is 22.7. The van der Waals surface area contributed by atoms with Crippen LogP contribution < -0.4 is 5.32 Å². The molecule has 2 fully saturated rings. The van der Waals surface area contributed by atoms with Crippen LogP contribution in [0.4, 0.5) is 13.2 Å². The van der Waals surface area contributed by atoms with Crippen LogP contribution in [0.1, 0.15) is 33.1 Å². The molecule has 0 aromatic heterocycles. The molecule has 152 valence electrons. The second kappa shape index (κ2) is 10.7. The van der Waals surface area contributed by atoms with Gasteiger partial charge in [0.05, 0.1) is 19.1 Å². The fourth-order valence-corrected chi connectivity index (χ4v) is 3.47. The van der Waals surface area contributed by atoms with Crippen LogP contribution in [0.2, 0.25) is 0 Å². The first-order valence-corrected chi connectivity index (χ1v) is 8.91. The molecule has 2 aliphatic rings. The topological polar surface area (TPSA) is 78.9 Å². The minimum atomic E-state index is -4.36. The molecule has 0 saturated carbocycles. The van der Waals surface area contributed by atoms with Crippen molar-refractivity contribution in [2.45, 2.75) is 45.4 Å². The first-order valence-electron chi connectivity index (χ1n) is 8.91. The Labute approximate surface area is 152 Å². The van der Waals surface area contributed by atoms with Crippen molar-refractivity contribution in [2.75, 3.05) is 32.8 Å². The molecule has 1 amide bonds. The maximum Gasteiger partial charge on any atom is 0.405 e. The number of alkyl halides is 3. The lowest BCUT2D eigenvalue weighted by Crippen LogP contribution is -2.43. The van der Waals surface area contributed by atoms with Crippen molar-refractivity contribution in [3.8, 4) is 0 Å². The van der Waals surface area contributed by atoms with Gasteiger partial charge in [-0.1, -0.05) is 13.8 Å². The van der Waals surface area contributed by atoms with E-state index in [1.54, 1.807) is 0 Å². The summed E-state index contributed by atoms with van der Waals surface area (Å²) in [7, 11) is 0. The summed E-state index contributed by atoms with van der Waals surface area (Å²) in [6.07, 6.45) is -2.44. The number of nitrogens with zero attached hydrogens (tertiary/aromatic N) is 1. The Morgan fingerprint density at radius 2 is 2.08 bits per heavy atom. The SMILES string of the molecule is CC(C)CCN1CC[C@@H]2[C@@H](CO[C@H]2CC(=O)NCC(F)(F)F)C1.O=CO. The third kappa shape index (κ3) is 8.35. The molecule has 0 aromatic carbocycles. The predicted octanol–water partition coefficient (Wildman–Crippen LogP) is 2.14. The summed E-state index contributed by atoms with van der Waals surface area (Å²) in [6, 6.07) is 0. The summed E-state index contributed by atoms with van der Waals surface area (Å²) in [6.45, 7) is 6.55. The van der Waals surface area contributed by atoms with E-state index < -0.39 is 18.6 Å². The summed E-state index contributed by atoms with van der Waals surface area (Å²) in [5.74, 6) is 0.797. The number of amides is 1. The van der Waals surface area contributed by atoms with Gasteiger partial charge >= 0.3 is 6.18 Å². The van der Waals surface area contributed by atoms with Crippen molar-refractivity contribution in [3.63, 3.8) is 0 Å². The quantitative estimate of drug-likeness (QED) is 0.688. The van der Waals surface area contributed by atoms with Gasteiger partial charge in [-0.25, -0.2) is 0 Å². The Balaban J connectivity index is 0.00000105. The normalized spacial score (nSPS) is 26.0. The molecule has 2 saturated heterocycles. The number of likely N-dealkylation sites (tertiary alicyclic amines) is 1. The van der Waals surface area contributed by atoms with E-state index in [1.165, 1.54) is 6.42 Å². The summed E-state index contributed by atoms with van der Waals surface area (Å²) < 4.78 is 42.1. The zero-order valence-electron chi connectivity index (χ0n) is 15.3. The lowest BCUT2D eigenvalue weighted by molar-refractivity contribution is -0.140. The monoisotopic (exact) mass is 382 g/mol. The number of carbonyl (C=O) groups excluding carboxylic acids is 1. The molecule has 0 unspecified atom stereocenters. The number of halogens is 3. The predicted molar refractivity (Wildman–Crippen MR) is 89.6 cm³/mol. The minimum Gasteiger partial charge on any atom is -0.483 e. The molecule has 0 bridgehead atoms. The molecule has 2 rings (SSSR count). The van der Waals surface area contributed by atoms with Crippen molar-refractivity contribution in [2.24, 2.45) is 17.8 Å². The van der Waals surface area contributed by atoms with Gasteiger partial charge < -0.3 is 20.1 Å². The van der Waals surface area contributed by atoms with Gasteiger partial charge in [-0.2, -0.15) is 13.2 Å². The molecule has 2 N–H and O–H groups in total. The van der Waals surface area contributed by atoms with Crippen LogP contribution in [0.3, 0.4) is 0 Å². The Bertz CT molecular complexity index is 446. The number of ether oxygens (including phenoxy) is 1. The van der Waals surface area contributed by atoms with E-state index in [9.17, 15) is 18.0 Å². The highest BCUT2D eigenvalue weighted by Gasteiger charge is 2.41. The van der Waals surface area contributed by atoms with Crippen molar-refractivity contribution < 1.29 is 32.6 Å². The number of hydrogen-bond acceptors (Lipinski definition) is 4. The second-order valence-electron chi connectivity index (χ2n) is 7.27. The van der Waals surface area contributed by atoms with E-state index in [4.69, 9.17) is 14.6 Å². The van der Waals surface area contributed by atoms with Gasteiger partial charge in [0.1, 0.15) is 6.54 Å². The number of rotatable bonds is 6. The number of fused-ring (bicyclic) bond motifs is 1. The second-order valence-corrected chi connectivity index (χ2v) is 7.27. The van der Waals surface area contributed by atoms with Gasteiger partial charge in [-0.15, -0.1) is 0 Å². The van der Waals surface area contributed by atoms with Gasteiger partial charge in [0.25, 0.3) is 6.47 Å². The minimum absolute atomic E-state index is 0.0310. The van der Waals surface area contributed by atoms with Crippen LogP contribution >= 0.6 is 0 Å². The summed E-state index contributed by atoms with van der Waals surface area (Å²) in [5, 5.41) is 8.82. The smallest absolute Gasteiger partial charge is 0.405 e. The number of carbonyl (C=O) groups is 2. The third-order valence-corrected chi connectivity index (χ3v) is 4.77. The molecule has 0 aromatic rings. The molecule has 26 heavy (non-hydrogen) atoms.